The Labute approximate surface area is 111 Å². The van der Waals surface area contributed by atoms with Crippen LogP contribution >= 0.6 is 0 Å². The average Bonchev–Trinajstić information content (AvgIpc) is 2.39. The van der Waals surface area contributed by atoms with E-state index in [4.69, 9.17) is 0 Å². The minimum atomic E-state index is 0.557. The second-order valence-electron chi connectivity index (χ2n) is 5.52. The second kappa shape index (κ2) is 5.39. The Kier molecular flexibility index (Phi) is 3.86. The molecule has 0 radical (unpaired) electrons. The van der Waals surface area contributed by atoms with Crippen molar-refractivity contribution in [3.05, 3.63) is 59.7 Å². The zero-order chi connectivity index (χ0) is 13.1. The molecule has 2 aromatic rings. The van der Waals surface area contributed by atoms with Gasteiger partial charge in [0.05, 0.1) is 0 Å². The van der Waals surface area contributed by atoms with Crippen LogP contribution in [0.4, 0.5) is 0 Å². The number of hydrogen-bond donors (Lipinski definition) is 0. The zero-order valence-corrected chi connectivity index (χ0v) is 11.8. The molecule has 0 amide bonds. The molecule has 2 rings (SSSR count). The van der Waals surface area contributed by atoms with E-state index in [9.17, 15) is 0 Å². The van der Waals surface area contributed by atoms with Gasteiger partial charge in [0.1, 0.15) is 0 Å². The van der Waals surface area contributed by atoms with Gasteiger partial charge in [0.2, 0.25) is 0 Å². The van der Waals surface area contributed by atoms with E-state index < -0.39 is 0 Å². The van der Waals surface area contributed by atoms with Gasteiger partial charge in [0, 0.05) is 0 Å². The van der Waals surface area contributed by atoms with Gasteiger partial charge in [-0.1, -0.05) is 76.2 Å². The van der Waals surface area contributed by atoms with Crippen LogP contribution < -0.4 is 0 Å². The van der Waals surface area contributed by atoms with E-state index in [1.807, 2.05) is 0 Å². The molecule has 0 heteroatoms. The topological polar surface area (TPSA) is 0 Å². The summed E-state index contributed by atoms with van der Waals surface area (Å²) < 4.78 is 0. The molecule has 0 atom stereocenters. The molecule has 0 aromatic heterocycles. The van der Waals surface area contributed by atoms with Crippen molar-refractivity contribution in [3.63, 3.8) is 0 Å². The van der Waals surface area contributed by atoms with E-state index in [1.54, 1.807) is 0 Å². The van der Waals surface area contributed by atoms with Gasteiger partial charge in [0.25, 0.3) is 0 Å². The summed E-state index contributed by atoms with van der Waals surface area (Å²) in [5.41, 5.74) is 5.56. The lowest BCUT2D eigenvalue weighted by molar-refractivity contribution is 0.847. The molecule has 0 nitrogen and oxygen atoms in total. The summed E-state index contributed by atoms with van der Waals surface area (Å²) in [5.74, 6) is 1.13. The summed E-state index contributed by atoms with van der Waals surface area (Å²) >= 11 is 0. The van der Waals surface area contributed by atoms with Crippen LogP contribution in [-0.4, -0.2) is 0 Å². The highest BCUT2D eigenvalue weighted by Gasteiger charge is 2.10. The van der Waals surface area contributed by atoms with Gasteiger partial charge in [-0.3, -0.25) is 0 Å². The lowest BCUT2D eigenvalue weighted by Crippen LogP contribution is -1.96. The van der Waals surface area contributed by atoms with Crippen molar-refractivity contribution in [2.45, 2.75) is 39.5 Å². The summed E-state index contributed by atoms with van der Waals surface area (Å²) in [6.45, 7) is 9.02. The molecular weight excluding hydrogens is 216 g/mol. The van der Waals surface area contributed by atoms with E-state index >= 15 is 0 Å². The summed E-state index contributed by atoms with van der Waals surface area (Å²) in [5, 5.41) is 0. The van der Waals surface area contributed by atoms with E-state index in [-0.39, 0.29) is 0 Å². The number of benzene rings is 2. The molecule has 2 aromatic carbocycles. The molecular formula is C18H22. The maximum atomic E-state index is 2.36. The number of rotatable bonds is 3. The summed E-state index contributed by atoms with van der Waals surface area (Å²) in [6, 6.07) is 17.6. The van der Waals surface area contributed by atoms with Gasteiger partial charge in [-0.15, -0.1) is 0 Å². The zero-order valence-electron chi connectivity index (χ0n) is 11.8. The van der Waals surface area contributed by atoms with Gasteiger partial charge in [-0.05, 0) is 34.1 Å². The van der Waals surface area contributed by atoms with Crippen LogP contribution in [-0.2, 0) is 0 Å². The van der Waals surface area contributed by atoms with Crippen molar-refractivity contribution in [1.82, 2.24) is 0 Å². The maximum Gasteiger partial charge on any atom is -0.0146 e. The van der Waals surface area contributed by atoms with Crippen molar-refractivity contribution in [3.8, 4) is 11.1 Å². The Balaban J connectivity index is 2.58. The summed E-state index contributed by atoms with van der Waals surface area (Å²) in [6.07, 6.45) is 0. The van der Waals surface area contributed by atoms with Crippen molar-refractivity contribution in [2.75, 3.05) is 0 Å². The van der Waals surface area contributed by atoms with Crippen molar-refractivity contribution in [2.24, 2.45) is 0 Å². The van der Waals surface area contributed by atoms with Crippen LogP contribution in [0.3, 0.4) is 0 Å². The van der Waals surface area contributed by atoms with Crippen LogP contribution in [0, 0.1) is 0 Å². The van der Waals surface area contributed by atoms with Gasteiger partial charge < -0.3 is 0 Å². The molecule has 0 aliphatic rings. The highest BCUT2D eigenvalue weighted by Crippen LogP contribution is 2.31. The van der Waals surface area contributed by atoms with Crippen molar-refractivity contribution >= 4 is 0 Å². The van der Waals surface area contributed by atoms with Crippen LogP contribution in [0.5, 0.6) is 0 Å². The molecule has 0 aliphatic heterocycles. The fourth-order valence-electron chi connectivity index (χ4n) is 2.30. The van der Waals surface area contributed by atoms with Gasteiger partial charge >= 0.3 is 0 Å². The molecule has 94 valence electrons. The first-order chi connectivity index (χ1) is 8.59. The smallest absolute Gasteiger partial charge is 0.0146 e. The average molecular weight is 238 g/mol. The molecule has 0 saturated heterocycles. The van der Waals surface area contributed by atoms with Crippen molar-refractivity contribution < 1.29 is 0 Å². The van der Waals surface area contributed by atoms with Gasteiger partial charge in [0.15, 0.2) is 0 Å². The second-order valence-corrected chi connectivity index (χ2v) is 5.52. The van der Waals surface area contributed by atoms with E-state index in [2.05, 4.69) is 76.2 Å². The summed E-state index contributed by atoms with van der Waals surface area (Å²) in [7, 11) is 0. The monoisotopic (exact) mass is 238 g/mol. The standard InChI is InChI=1S/C18H22/c1-13(2)16-10-11-17(14(3)4)18(12-16)15-8-6-5-7-9-15/h5-14H,1-4H3. The van der Waals surface area contributed by atoms with Crippen molar-refractivity contribution in [1.29, 1.82) is 0 Å². The Bertz CT molecular complexity index is 507. The van der Waals surface area contributed by atoms with Crippen LogP contribution in [0.25, 0.3) is 11.1 Å². The predicted molar refractivity (Wildman–Crippen MR) is 80.1 cm³/mol. The Morgan fingerprint density at radius 2 is 1.39 bits per heavy atom. The SMILES string of the molecule is CC(C)c1ccc(C(C)C)c(-c2ccccc2)c1. The maximum absolute atomic E-state index is 2.36. The molecule has 18 heavy (non-hydrogen) atoms. The normalized spacial score (nSPS) is 11.2. The Hall–Kier alpha value is -1.56. The lowest BCUT2D eigenvalue weighted by atomic mass is 9.89. The molecule has 0 bridgehead atoms. The van der Waals surface area contributed by atoms with Gasteiger partial charge in [-0.2, -0.15) is 0 Å². The quantitative estimate of drug-likeness (QED) is 0.653. The molecule has 0 saturated carbocycles. The van der Waals surface area contributed by atoms with Crippen LogP contribution in [0.2, 0.25) is 0 Å². The fraction of sp³-hybridized carbons (Fsp3) is 0.333. The first kappa shape index (κ1) is 12.9. The van der Waals surface area contributed by atoms with Gasteiger partial charge in [-0.25, -0.2) is 0 Å². The highest BCUT2D eigenvalue weighted by molar-refractivity contribution is 5.69. The minimum absolute atomic E-state index is 0.557. The Morgan fingerprint density at radius 1 is 0.722 bits per heavy atom. The Morgan fingerprint density at radius 3 is 1.94 bits per heavy atom. The molecule has 0 heterocycles. The molecule has 0 N–H and O–H groups in total. The lowest BCUT2D eigenvalue weighted by Gasteiger charge is -2.16. The van der Waals surface area contributed by atoms with E-state index in [0.717, 1.165) is 0 Å². The van der Waals surface area contributed by atoms with E-state index in [0.29, 0.717) is 11.8 Å². The van der Waals surface area contributed by atoms with Crippen LogP contribution in [0.1, 0.15) is 50.7 Å². The predicted octanol–water partition coefficient (Wildman–Crippen LogP) is 5.60. The first-order valence-electron chi connectivity index (χ1n) is 6.79. The third-order valence-electron chi connectivity index (χ3n) is 3.45. The molecule has 0 aliphatic carbocycles. The highest BCUT2D eigenvalue weighted by atomic mass is 14.1. The summed E-state index contributed by atoms with van der Waals surface area (Å²) in [4.78, 5) is 0. The third kappa shape index (κ3) is 2.64. The third-order valence-corrected chi connectivity index (χ3v) is 3.45. The fourth-order valence-corrected chi connectivity index (χ4v) is 2.30. The molecule has 0 fully saturated rings. The molecule has 0 unspecified atom stereocenters. The number of hydrogen-bond acceptors (Lipinski definition) is 0. The van der Waals surface area contributed by atoms with E-state index in [1.165, 1.54) is 22.3 Å². The first-order valence-corrected chi connectivity index (χ1v) is 6.79. The molecule has 0 spiro atoms. The largest absolute Gasteiger partial charge is 0.0622 e. The van der Waals surface area contributed by atoms with Crippen LogP contribution in [0.15, 0.2) is 48.5 Å². The minimum Gasteiger partial charge on any atom is -0.0622 e.